The van der Waals surface area contributed by atoms with Crippen LogP contribution in [0.25, 0.3) is 0 Å². The highest BCUT2D eigenvalue weighted by Crippen LogP contribution is 2.09. The molecule has 0 bridgehead atoms. The smallest absolute Gasteiger partial charge is 0.237 e. The van der Waals surface area contributed by atoms with Gasteiger partial charge in [-0.3, -0.25) is 9.69 Å². The number of β-amino-alcohol motifs (C(OH)–C–C–N with tert-alkyl or cyclic N) is 1. The Hall–Kier alpha value is -0.850. The molecule has 1 heterocycles. The second-order valence-electron chi connectivity index (χ2n) is 5.81. The number of aliphatic hydroxyl groups is 1. The van der Waals surface area contributed by atoms with E-state index in [1.54, 1.807) is 0 Å². The summed E-state index contributed by atoms with van der Waals surface area (Å²) in [6, 6.07) is 9.91. The van der Waals surface area contributed by atoms with E-state index >= 15 is 0 Å². The first-order valence-electron chi connectivity index (χ1n) is 7.48. The van der Waals surface area contributed by atoms with Crippen LogP contribution in [0, 0.1) is 5.92 Å². The summed E-state index contributed by atoms with van der Waals surface area (Å²) in [5.41, 5.74) is 1.19. The summed E-state index contributed by atoms with van der Waals surface area (Å²) in [5, 5.41) is 15.8. The lowest BCUT2D eigenvalue weighted by atomic mass is 10.1. The van der Waals surface area contributed by atoms with Gasteiger partial charge in [-0.05, 0) is 19.5 Å². The largest absolute Gasteiger partial charge is 0.391 e. The highest BCUT2D eigenvalue weighted by Gasteiger charge is 2.26. The summed E-state index contributed by atoms with van der Waals surface area (Å²) in [6.45, 7) is 4.54. The quantitative estimate of drug-likeness (QED) is 0.706. The number of benzene rings is 1. The van der Waals surface area contributed by atoms with Crippen LogP contribution in [0.2, 0.25) is 0 Å². The van der Waals surface area contributed by atoms with E-state index in [0.717, 1.165) is 13.1 Å². The van der Waals surface area contributed by atoms with Crippen molar-refractivity contribution in [3.05, 3.63) is 35.9 Å². The lowest BCUT2D eigenvalue weighted by Gasteiger charge is -2.25. The summed E-state index contributed by atoms with van der Waals surface area (Å²) in [4.78, 5) is 14.2. The molecule has 1 amide bonds. The normalized spacial score (nSPS) is 21.2. The molecule has 1 saturated heterocycles. The van der Waals surface area contributed by atoms with Gasteiger partial charge in [-0.2, -0.15) is 0 Å². The van der Waals surface area contributed by atoms with Crippen molar-refractivity contribution < 1.29 is 9.90 Å². The molecule has 0 saturated carbocycles. The number of nitrogens with one attached hydrogen (secondary N) is 2. The first-order chi connectivity index (χ1) is 10.1. The molecule has 1 aromatic rings. The number of halogens is 2. The summed E-state index contributed by atoms with van der Waals surface area (Å²) >= 11 is 0. The second-order valence-corrected chi connectivity index (χ2v) is 5.81. The van der Waals surface area contributed by atoms with Crippen molar-refractivity contribution in [3.63, 3.8) is 0 Å². The van der Waals surface area contributed by atoms with Gasteiger partial charge in [0.05, 0.1) is 12.1 Å². The second kappa shape index (κ2) is 10.8. The van der Waals surface area contributed by atoms with Crippen molar-refractivity contribution in [3.8, 4) is 0 Å². The molecular weight excluding hydrogens is 337 g/mol. The molecular formula is C16H27Cl2N3O2. The number of likely N-dealkylation sites (N-methyl/N-ethyl adjacent to an activating group) is 1. The van der Waals surface area contributed by atoms with E-state index in [1.165, 1.54) is 5.56 Å². The summed E-state index contributed by atoms with van der Waals surface area (Å²) in [5.74, 6) is 0.119. The number of nitrogens with zero attached hydrogens (tertiary/aromatic N) is 1. The Morgan fingerprint density at radius 1 is 1.35 bits per heavy atom. The van der Waals surface area contributed by atoms with Gasteiger partial charge in [0.25, 0.3) is 0 Å². The van der Waals surface area contributed by atoms with E-state index in [2.05, 4.69) is 22.8 Å². The minimum absolute atomic E-state index is 0. The molecule has 1 aliphatic rings. The van der Waals surface area contributed by atoms with Crippen LogP contribution < -0.4 is 10.6 Å². The van der Waals surface area contributed by atoms with Crippen molar-refractivity contribution in [2.75, 3.05) is 26.7 Å². The van der Waals surface area contributed by atoms with Crippen LogP contribution in [0.15, 0.2) is 30.3 Å². The lowest BCUT2D eigenvalue weighted by molar-refractivity contribution is -0.125. The van der Waals surface area contributed by atoms with Crippen LogP contribution in [0.3, 0.4) is 0 Å². The highest BCUT2D eigenvalue weighted by atomic mass is 35.5. The van der Waals surface area contributed by atoms with Gasteiger partial charge in [0.1, 0.15) is 0 Å². The summed E-state index contributed by atoms with van der Waals surface area (Å²) in [7, 11) is 1.95. The minimum Gasteiger partial charge on any atom is -0.391 e. The molecule has 0 spiro atoms. The number of hydrogen-bond donors (Lipinski definition) is 3. The maximum Gasteiger partial charge on any atom is 0.237 e. The van der Waals surface area contributed by atoms with Crippen LogP contribution in [0.5, 0.6) is 0 Å². The van der Waals surface area contributed by atoms with E-state index in [-0.39, 0.29) is 48.8 Å². The molecule has 132 valence electrons. The van der Waals surface area contributed by atoms with E-state index in [4.69, 9.17) is 0 Å². The molecule has 5 nitrogen and oxygen atoms in total. The van der Waals surface area contributed by atoms with Crippen LogP contribution in [-0.2, 0) is 11.3 Å². The first kappa shape index (κ1) is 22.1. The van der Waals surface area contributed by atoms with Crippen LogP contribution >= 0.6 is 24.8 Å². The lowest BCUT2D eigenvalue weighted by Crippen LogP contribution is -2.45. The number of aliphatic hydroxyl groups excluding tert-OH is 1. The van der Waals surface area contributed by atoms with Gasteiger partial charge in [0.15, 0.2) is 0 Å². The van der Waals surface area contributed by atoms with Gasteiger partial charge in [-0.25, -0.2) is 0 Å². The van der Waals surface area contributed by atoms with Gasteiger partial charge < -0.3 is 15.7 Å². The summed E-state index contributed by atoms with van der Waals surface area (Å²) < 4.78 is 0. The Balaban J connectivity index is 0.00000242. The molecule has 3 atom stereocenters. The van der Waals surface area contributed by atoms with Crippen LogP contribution in [0.4, 0.5) is 0 Å². The number of carbonyl (C=O) groups is 1. The molecule has 7 heteroatoms. The maximum absolute atomic E-state index is 12.2. The topological polar surface area (TPSA) is 64.6 Å². The Morgan fingerprint density at radius 2 is 2.00 bits per heavy atom. The van der Waals surface area contributed by atoms with E-state index in [0.29, 0.717) is 13.1 Å². The van der Waals surface area contributed by atoms with Crippen LogP contribution in [0.1, 0.15) is 12.5 Å². The minimum atomic E-state index is -0.359. The van der Waals surface area contributed by atoms with Crippen molar-refractivity contribution in [1.82, 2.24) is 15.5 Å². The van der Waals surface area contributed by atoms with Crippen molar-refractivity contribution in [2.45, 2.75) is 25.6 Å². The fourth-order valence-corrected chi connectivity index (χ4v) is 2.52. The molecule has 0 aromatic heterocycles. The molecule has 1 aromatic carbocycles. The fourth-order valence-electron chi connectivity index (χ4n) is 2.52. The third kappa shape index (κ3) is 6.65. The molecule has 1 aliphatic heterocycles. The predicted molar refractivity (Wildman–Crippen MR) is 97.2 cm³/mol. The van der Waals surface area contributed by atoms with Gasteiger partial charge >= 0.3 is 0 Å². The van der Waals surface area contributed by atoms with Crippen molar-refractivity contribution in [1.29, 1.82) is 0 Å². The number of rotatable bonds is 6. The number of carbonyl (C=O) groups excluding carboxylic acids is 1. The number of hydrogen-bond acceptors (Lipinski definition) is 4. The fraction of sp³-hybridized carbons (Fsp3) is 0.562. The van der Waals surface area contributed by atoms with Gasteiger partial charge in [0, 0.05) is 32.1 Å². The molecule has 0 aliphatic carbocycles. The Labute approximate surface area is 150 Å². The molecule has 23 heavy (non-hydrogen) atoms. The van der Waals surface area contributed by atoms with Crippen molar-refractivity contribution >= 4 is 30.7 Å². The zero-order valence-electron chi connectivity index (χ0n) is 13.6. The average molecular weight is 364 g/mol. The Kier molecular flexibility index (Phi) is 10.4. The van der Waals surface area contributed by atoms with Gasteiger partial charge in [0.2, 0.25) is 5.91 Å². The number of amides is 1. The molecule has 3 unspecified atom stereocenters. The SMILES string of the molecule is CC(C(=O)NCC1CNCC1O)N(C)Cc1ccccc1.Cl.Cl. The summed E-state index contributed by atoms with van der Waals surface area (Å²) in [6.07, 6.45) is -0.359. The third-order valence-corrected chi connectivity index (χ3v) is 4.16. The predicted octanol–water partition coefficient (Wildman–Crippen LogP) is 1.05. The third-order valence-electron chi connectivity index (χ3n) is 4.16. The van der Waals surface area contributed by atoms with Crippen molar-refractivity contribution in [2.24, 2.45) is 5.92 Å². The first-order valence-corrected chi connectivity index (χ1v) is 7.48. The Bertz CT molecular complexity index is 462. The zero-order chi connectivity index (χ0) is 15.2. The van der Waals surface area contributed by atoms with Gasteiger partial charge in [-0.1, -0.05) is 30.3 Å². The highest BCUT2D eigenvalue weighted by molar-refractivity contribution is 5.85. The van der Waals surface area contributed by atoms with E-state index in [1.807, 2.05) is 37.1 Å². The zero-order valence-corrected chi connectivity index (χ0v) is 15.2. The molecule has 1 fully saturated rings. The van der Waals surface area contributed by atoms with Crippen LogP contribution in [-0.4, -0.2) is 54.7 Å². The monoisotopic (exact) mass is 363 g/mol. The molecule has 2 rings (SSSR count). The Morgan fingerprint density at radius 3 is 2.57 bits per heavy atom. The maximum atomic E-state index is 12.2. The standard InChI is InChI=1S/C16H25N3O2.2ClH/c1-12(19(2)11-13-6-4-3-5-7-13)16(21)18-9-14-8-17-10-15(14)20;;/h3-7,12,14-15,17,20H,8-11H2,1-2H3,(H,18,21);2*1H. The average Bonchev–Trinajstić information content (AvgIpc) is 2.90. The van der Waals surface area contributed by atoms with Gasteiger partial charge in [-0.15, -0.1) is 24.8 Å². The molecule has 0 radical (unpaired) electrons. The van der Waals surface area contributed by atoms with E-state index in [9.17, 15) is 9.90 Å². The van der Waals surface area contributed by atoms with E-state index < -0.39 is 0 Å². The molecule has 3 N–H and O–H groups in total.